The first-order valence-corrected chi connectivity index (χ1v) is 9.73. The summed E-state index contributed by atoms with van der Waals surface area (Å²) in [7, 11) is 3.02. The van der Waals surface area contributed by atoms with E-state index in [9.17, 15) is 9.59 Å². The second kappa shape index (κ2) is 7.81. The van der Waals surface area contributed by atoms with Crippen LogP contribution in [0.1, 0.15) is 4.88 Å². The van der Waals surface area contributed by atoms with E-state index in [0.29, 0.717) is 27.6 Å². The third-order valence-corrected chi connectivity index (χ3v) is 5.41. The molecule has 2 heterocycles. The van der Waals surface area contributed by atoms with Crippen LogP contribution in [0.25, 0.3) is 5.57 Å². The Morgan fingerprint density at radius 2 is 1.69 bits per heavy atom. The van der Waals surface area contributed by atoms with Crippen LogP contribution in [0.15, 0.2) is 71.7 Å². The van der Waals surface area contributed by atoms with Gasteiger partial charge in [0, 0.05) is 16.6 Å². The number of carbonyl (C=O) groups is 2. The molecule has 0 atom stereocenters. The smallest absolute Gasteiger partial charge is 0.282 e. The van der Waals surface area contributed by atoms with Gasteiger partial charge in [0.05, 0.1) is 25.5 Å². The normalized spacial score (nSPS) is 13.8. The predicted octanol–water partition coefficient (Wildman–Crippen LogP) is 4.16. The molecule has 2 amide bonds. The molecule has 1 aliphatic heterocycles. The highest BCUT2D eigenvalue weighted by Gasteiger charge is 2.42. The first-order chi connectivity index (χ1) is 14.1. The summed E-state index contributed by atoms with van der Waals surface area (Å²) >= 11 is 1.40. The molecule has 0 unspecified atom stereocenters. The van der Waals surface area contributed by atoms with Crippen molar-refractivity contribution in [3.8, 4) is 11.5 Å². The van der Waals surface area contributed by atoms with Gasteiger partial charge < -0.3 is 14.8 Å². The van der Waals surface area contributed by atoms with Gasteiger partial charge >= 0.3 is 0 Å². The Balaban J connectivity index is 1.83. The molecular formula is C22H18N2O4S. The molecule has 0 saturated heterocycles. The molecule has 0 saturated carbocycles. The van der Waals surface area contributed by atoms with Gasteiger partial charge in [0.1, 0.15) is 17.2 Å². The summed E-state index contributed by atoms with van der Waals surface area (Å²) < 4.78 is 10.7. The van der Waals surface area contributed by atoms with Gasteiger partial charge in [0.25, 0.3) is 11.8 Å². The molecule has 0 spiro atoms. The van der Waals surface area contributed by atoms with Crippen LogP contribution in [0, 0.1) is 0 Å². The Labute approximate surface area is 172 Å². The highest BCUT2D eigenvalue weighted by atomic mass is 32.1. The zero-order valence-corrected chi connectivity index (χ0v) is 16.7. The van der Waals surface area contributed by atoms with Crippen LogP contribution in [0.4, 0.5) is 11.4 Å². The highest BCUT2D eigenvalue weighted by Crippen LogP contribution is 2.40. The summed E-state index contributed by atoms with van der Waals surface area (Å²) in [5, 5.41) is 5.00. The molecule has 1 N–H and O–H groups in total. The molecule has 0 bridgehead atoms. The minimum atomic E-state index is -0.450. The summed E-state index contributed by atoms with van der Waals surface area (Å²) in [5.41, 5.74) is 1.62. The molecule has 0 aliphatic carbocycles. The Morgan fingerprint density at radius 1 is 0.897 bits per heavy atom. The van der Waals surface area contributed by atoms with Gasteiger partial charge in [-0.25, -0.2) is 4.90 Å². The molecule has 1 aliphatic rings. The number of methoxy groups -OCH3 is 2. The summed E-state index contributed by atoms with van der Waals surface area (Å²) in [6, 6.07) is 17.9. The van der Waals surface area contributed by atoms with Gasteiger partial charge in [-0.2, -0.15) is 0 Å². The van der Waals surface area contributed by atoms with E-state index in [1.165, 1.54) is 25.6 Å². The van der Waals surface area contributed by atoms with Crippen LogP contribution in [-0.2, 0) is 9.59 Å². The topological polar surface area (TPSA) is 67.9 Å². The number of anilines is 2. The summed E-state index contributed by atoms with van der Waals surface area (Å²) in [6.07, 6.45) is 0. The summed E-state index contributed by atoms with van der Waals surface area (Å²) in [6.45, 7) is 0. The molecule has 3 aromatic rings. The molecule has 146 valence electrons. The largest absolute Gasteiger partial charge is 0.497 e. The second-order valence-electron chi connectivity index (χ2n) is 6.20. The Bertz CT molecular complexity index is 1090. The van der Waals surface area contributed by atoms with Crippen molar-refractivity contribution in [3.05, 3.63) is 76.6 Å². The van der Waals surface area contributed by atoms with E-state index in [2.05, 4.69) is 5.32 Å². The van der Waals surface area contributed by atoms with Gasteiger partial charge in [-0.05, 0) is 35.7 Å². The number of nitrogens with zero attached hydrogens (tertiary/aromatic N) is 1. The molecule has 0 radical (unpaired) electrons. The molecule has 7 heteroatoms. The molecule has 6 nitrogen and oxygen atoms in total. The van der Waals surface area contributed by atoms with Crippen LogP contribution in [-0.4, -0.2) is 26.0 Å². The maximum absolute atomic E-state index is 13.4. The lowest BCUT2D eigenvalue weighted by Gasteiger charge is -2.19. The van der Waals surface area contributed by atoms with E-state index >= 15 is 0 Å². The molecule has 1 aromatic heterocycles. The molecule has 29 heavy (non-hydrogen) atoms. The van der Waals surface area contributed by atoms with Crippen molar-refractivity contribution in [1.82, 2.24) is 0 Å². The first kappa shape index (κ1) is 18.8. The number of imide groups is 1. The quantitative estimate of drug-likeness (QED) is 0.623. The van der Waals surface area contributed by atoms with E-state index in [1.807, 2.05) is 47.8 Å². The Kier molecular flexibility index (Phi) is 5.05. The Hall–Kier alpha value is -3.58. The SMILES string of the molecule is COc1ccc(OC)c(N2C(=O)C(Nc3ccccc3)=C(c3cccs3)C2=O)c1. The van der Waals surface area contributed by atoms with Crippen LogP contribution in [0.2, 0.25) is 0 Å². The maximum atomic E-state index is 13.4. The summed E-state index contributed by atoms with van der Waals surface area (Å²) in [4.78, 5) is 28.6. The van der Waals surface area contributed by atoms with Gasteiger partial charge in [0.2, 0.25) is 0 Å². The minimum Gasteiger partial charge on any atom is -0.497 e. The van der Waals surface area contributed by atoms with Gasteiger partial charge in [-0.15, -0.1) is 11.3 Å². The van der Waals surface area contributed by atoms with E-state index in [4.69, 9.17) is 9.47 Å². The van der Waals surface area contributed by atoms with Crippen molar-refractivity contribution in [2.75, 3.05) is 24.4 Å². The molecule has 0 fully saturated rings. The minimum absolute atomic E-state index is 0.230. The van der Waals surface area contributed by atoms with Crippen molar-refractivity contribution in [2.45, 2.75) is 0 Å². The highest BCUT2D eigenvalue weighted by molar-refractivity contribution is 7.11. The second-order valence-corrected chi connectivity index (χ2v) is 7.15. The van der Waals surface area contributed by atoms with Gasteiger partial charge in [0.15, 0.2) is 0 Å². The average molecular weight is 406 g/mol. The van der Waals surface area contributed by atoms with Crippen molar-refractivity contribution < 1.29 is 19.1 Å². The van der Waals surface area contributed by atoms with Crippen molar-refractivity contribution in [1.29, 1.82) is 0 Å². The average Bonchev–Trinajstić information content (AvgIpc) is 3.35. The van der Waals surface area contributed by atoms with E-state index in [0.717, 1.165) is 10.6 Å². The molecular weight excluding hydrogens is 388 g/mol. The molecule has 2 aromatic carbocycles. The number of ether oxygens (including phenoxy) is 2. The van der Waals surface area contributed by atoms with E-state index < -0.39 is 11.8 Å². The van der Waals surface area contributed by atoms with E-state index in [1.54, 1.807) is 18.2 Å². The standard InChI is InChI=1S/C22H18N2O4S/c1-27-15-10-11-17(28-2)16(13-15)24-21(25)19(18-9-6-12-29-18)20(22(24)26)23-14-7-4-3-5-8-14/h3-13,23H,1-2H3. The number of carbonyl (C=O) groups excluding carboxylic acids is 2. The Morgan fingerprint density at radius 3 is 2.34 bits per heavy atom. The zero-order chi connectivity index (χ0) is 20.4. The van der Waals surface area contributed by atoms with Crippen molar-refractivity contribution in [3.63, 3.8) is 0 Å². The predicted molar refractivity (Wildman–Crippen MR) is 113 cm³/mol. The lowest BCUT2D eigenvalue weighted by Crippen LogP contribution is -2.32. The number of amides is 2. The van der Waals surface area contributed by atoms with Crippen molar-refractivity contribution in [2.24, 2.45) is 0 Å². The van der Waals surface area contributed by atoms with Crippen LogP contribution in [0.5, 0.6) is 11.5 Å². The monoisotopic (exact) mass is 406 g/mol. The van der Waals surface area contributed by atoms with Crippen LogP contribution >= 0.6 is 11.3 Å². The van der Waals surface area contributed by atoms with Crippen molar-refractivity contribution >= 4 is 40.1 Å². The number of hydrogen-bond acceptors (Lipinski definition) is 6. The van der Waals surface area contributed by atoms with Gasteiger partial charge in [-0.1, -0.05) is 24.3 Å². The number of rotatable bonds is 6. The number of benzene rings is 2. The lowest BCUT2D eigenvalue weighted by atomic mass is 10.2. The van der Waals surface area contributed by atoms with Crippen LogP contribution in [0.3, 0.4) is 0 Å². The van der Waals surface area contributed by atoms with Gasteiger partial charge in [-0.3, -0.25) is 9.59 Å². The lowest BCUT2D eigenvalue weighted by molar-refractivity contribution is -0.120. The first-order valence-electron chi connectivity index (χ1n) is 8.85. The van der Waals surface area contributed by atoms with E-state index in [-0.39, 0.29) is 5.70 Å². The number of para-hydroxylation sites is 1. The number of thiophene rings is 1. The fourth-order valence-electron chi connectivity index (χ4n) is 3.15. The fraction of sp³-hybridized carbons (Fsp3) is 0.0909. The number of nitrogens with one attached hydrogen (secondary N) is 1. The fourth-order valence-corrected chi connectivity index (χ4v) is 3.92. The zero-order valence-electron chi connectivity index (χ0n) is 15.8. The number of hydrogen-bond donors (Lipinski definition) is 1. The maximum Gasteiger partial charge on any atom is 0.282 e. The molecule has 4 rings (SSSR count). The van der Waals surface area contributed by atoms with Crippen LogP contribution < -0.4 is 19.7 Å². The third kappa shape index (κ3) is 3.36. The summed E-state index contributed by atoms with van der Waals surface area (Å²) in [5.74, 6) is 0.0544. The third-order valence-electron chi connectivity index (χ3n) is 4.52.